The van der Waals surface area contributed by atoms with Gasteiger partial charge in [-0.3, -0.25) is 0 Å². The third-order valence-corrected chi connectivity index (χ3v) is 2.07. The van der Waals surface area contributed by atoms with E-state index in [2.05, 4.69) is 23.3 Å². The molecule has 0 radical (unpaired) electrons. The fraction of sp³-hybridized carbons (Fsp3) is 0.500. The van der Waals surface area contributed by atoms with E-state index in [0.29, 0.717) is 12.5 Å². The monoisotopic (exact) mass is 177 g/mol. The maximum atomic E-state index is 8.53. The lowest BCUT2D eigenvalue weighted by atomic mass is 10.1. The van der Waals surface area contributed by atoms with Gasteiger partial charge in [0.1, 0.15) is 0 Å². The van der Waals surface area contributed by atoms with Gasteiger partial charge in [-0.25, -0.2) is 0 Å². The van der Waals surface area contributed by atoms with Gasteiger partial charge in [0.05, 0.1) is 12.5 Å². The molecule has 1 atom stereocenters. The van der Waals surface area contributed by atoms with Crippen molar-refractivity contribution in [3.63, 3.8) is 0 Å². The zero-order chi connectivity index (χ0) is 9.52. The molecule has 1 heterocycles. The highest BCUT2D eigenvalue weighted by atomic mass is 14.9. The quantitative estimate of drug-likeness (QED) is 0.720. The Morgan fingerprint density at radius 3 is 3.08 bits per heavy atom. The first-order valence-electron chi connectivity index (χ1n) is 4.59. The number of aromatic amines is 1. The lowest BCUT2D eigenvalue weighted by Crippen LogP contribution is -2.27. The summed E-state index contributed by atoms with van der Waals surface area (Å²) in [7, 11) is 0. The van der Waals surface area contributed by atoms with Crippen molar-refractivity contribution in [1.29, 1.82) is 5.26 Å². The highest BCUT2D eigenvalue weighted by Crippen LogP contribution is 1.99. The van der Waals surface area contributed by atoms with Gasteiger partial charge in [0.25, 0.3) is 0 Å². The maximum Gasteiger partial charge on any atom is 0.0638 e. The van der Waals surface area contributed by atoms with Crippen molar-refractivity contribution in [2.45, 2.75) is 32.4 Å². The number of H-pyrrole nitrogens is 1. The van der Waals surface area contributed by atoms with Crippen molar-refractivity contribution in [1.82, 2.24) is 10.3 Å². The molecule has 0 spiro atoms. The molecule has 0 aromatic carbocycles. The van der Waals surface area contributed by atoms with Crippen molar-refractivity contribution in [2.24, 2.45) is 0 Å². The lowest BCUT2D eigenvalue weighted by molar-refractivity contribution is 0.501. The Hall–Kier alpha value is -1.27. The maximum absolute atomic E-state index is 8.53. The van der Waals surface area contributed by atoms with Gasteiger partial charge >= 0.3 is 0 Å². The molecule has 1 aromatic rings. The molecule has 3 nitrogen and oxygen atoms in total. The normalized spacial score (nSPS) is 12.3. The number of aromatic nitrogens is 1. The Morgan fingerprint density at radius 2 is 2.54 bits per heavy atom. The van der Waals surface area contributed by atoms with Crippen LogP contribution in [0.1, 0.15) is 25.5 Å². The average Bonchev–Trinajstić information content (AvgIpc) is 2.64. The largest absolute Gasteiger partial charge is 0.364 e. The molecule has 3 heteroatoms. The molecule has 70 valence electrons. The van der Waals surface area contributed by atoms with E-state index in [0.717, 1.165) is 18.7 Å². The molecular weight excluding hydrogens is 162 g/mol. The fourth-order valence-corrected chi connectivity index (χ4v) is 1.20. The summed E-state index contributed by atoms with van der Waals surface area (Å²) in [4.78, 5) is 3.11. The van der Waals surface area contributed by atoms with Crippen molar-refractivity contribution >= 4 is 0 Å². The molecule has 1 aromatic heterocycles. The van der Waals surface area contributed by atoms with Gasteiger partial charge in [-0.05, 0) is 18.6 Å². The van der Waals surface area contributed by atoms with E-state index in [9.17, 15) is 0 Å². The van der Waals surface area contributed by atoms with Crippen molar-refractivity contribution in [2.75, 3.05) is 0 Å². The number of rotatable bonds is 5. The van der Waals surface area contributed by atoms with E-state index < -0.39 is 0 Å². The van der Waals surface area contributed by atoms with E-state index in [1.165, 1.54) is 0 Å². The molecule has 0 saturated heterocycles. The number of nitrogens with one attached hydrogen (secondary N) is 2. The molecule has 1 unspecified atom stereocenters. The minimum atomic E-state index is 0.313. The molecule has 0 fully saturated rings. The molecule has 13 heavy (non-hydrogen) atoms. The number of hydrogen-bond donors (Lipinski definition) is 2. The molecule has 2 N–H and O–H groups in total. The first-order chi connectivity index (χ1) is 6.36. The third kappa shape index (κ3) is 3.30. The minimum Gasteiger partial charge on any atom is -0.364 e. The molecule has 0 aliphatic carbocycles. The van der Waals surface area contributed by atoms with E-state index >= 15 is 0 Å². The van der Waals surface area contributed by atoms with Crippen LogP contribution < -0.4 is 5.32 Å². The van der Waals surface area contributed by atoms with Crippen LogP contribution in [-0.2, 0) is 6.54 Å². The van der Waals surface area contributed by atoms with Crippen LogP contribution in [0.25, 0.3) is 0 Å². The minimum absolute atomic E-state index is 0.313. The fourth-order valence-electron chi connectivity index (χ4n) is 1.20. The second kappa shape index (κ2) is 5.39. The molecular formula is C10H15N3. The second-order valence-electron chi connectivity index (χ2n) is 3.04. The van der Waals surface area contributed by atoms with E-state index in [-0.39, 0.29) is 0 Å². The molecule has 0 aliphatic rings. The van der Waals surface area contributed by atoms with Crippen LogP contribution in [0.15, 0.2) is 18.3 Å². The van der Waals surface area contributed by atoms with Crippen molar-refractivity contribution < 1.29 is 0 Å². The molecule has 0 aliphatic heterocycles. The van der Waals surface area contributed by atoms with E-state index in [4.69, 9.17) is 5.26 Å². The predicted octanol–water partition coefficient (Wildman–Crippen LogP) is 1.80. The van der Waals surface area contributed by atoms with Crippen LogP contribution in [-0.4, -0.2) is 11.0 Å². The Bertz CT molecular complexity index is 258. The van der Waals surface area contributed by atoms with Gasteiger partial charge in [0, 0.05) is 24.5 Å². The third-order valence-electron chi connectivity index (χ3n) is 2.07. The zero-order valence-electron chi connectivity index (χ0n) is 7.88. The van der Waals surface area contributed by atoms with Crippen LogP contribution in [0.4, 0.5) is 0 Å². The topological polar surface area (TPSA) is 51.6 Å². The Balaban J connectivity index is 2.28. The summed E-state index contributed by atoms with van der Waals surface area (Å²) in [6, 6.07) is 6.50. The smallest absolute Gasteiger partial charge is 0.0638 e. The van der Waals surface area contributed by atoms with Crippen molar-refractivity contribution in [3.8, 4) is 6.07 Å². The van der Waals surface area contributed by atoms with Gasteiger partial charge in [-0.2, -0.15) is 5.26 Å². The highest BCUT2D eigenvalue weighted by molar-refractivity contribution is 5.03. The average molecular weight is 177 g/mol. The summed E-state index contributed by atoms with van der Waals surface area (Å²) in [5.74, 6) is 0. The lowest BCUT2D eigenvalue weighted by Gasteiger charge is -2.12. The Morgan fingerprint density at radius 1 is 1.69 bits per heavy atom. The summed E-state index contributed by atoms with van der Waals surface area (Å²) in [6.45, 7) is 2.90. The first kappa shape index (κ1) is 9.82. The summed E-state index contributed by atoms with van der Waals surface area (Å²) < 4.78 is 0. The van der Waals surface area contributed by atoms with Crippen molar-refractivity contribution in [3.05, 3.63) is 24.0 Å². The van der Waals surface area contributed by atoms with Gasteiger partial charge in [0.2, 0.25) is 0 Å². The Kier molecular flexibility index (Phi) is 4.07. The first-order valence-corrected chi connectivity index (χ1v) is 4.59. The van der Waals surface area contributed by atoms with Gasteiger partial charge in [-0.15, -0.1) is 0 Å². The van der Waals surface area contributed by atoms with E-state index in [1.54, 1.807) is 0 Å². The summed E-state index contributed by atoms with van der Waals surface area (Å²) >= 11 is 0. The van der Waals surface area contributed by atoms with Crippen LogP contribution in [0, 0.1) is 11.3 Å². The predicted molar refractivity (Wildman–Crippen MR) is 51.9 cm³/mol. The number of hydrogen-bond acceptors (Lipinski definition) is 2. The standard InChI is InChI=1S/C10H15N3/c1-2-9(5-6-11)13-8-10-4-3-7-12-10/h3-4,7,9,12-13H,2,5,8H2,1H3. The summed E-state index contributed by atoms with van der Waals surface area (Å²) in [5.41, 5.74) is 1.16. The van der Waals surface area contributed by atoms with E-state index in [1.807, 2.05) is 18.3 Å². The SMILES string of the molecule is CCC(CC#N)NCc1ccc[nH]1. The Labute approximate surface area is 78.8 Å². The molecule has 0 saturated carbocycles. The van der Waals surface area contributed by atoms with Crippen LogP contribution in [0.3, 0.4) is 0 Å². The van der Waals surface area contributed by atoms with Crippen LogP contribution in [0.2, 0.25) is 0 Å². The molecule has 1 rings (SSSR count). The van der Waals surface area contributed by atoms with Gasteiger partial charge in [0.15, 0.2) is 0 Å². The van der Waals surface area contributed by atoms with Gasteiger partial charge in [-0.1, -0.05) is 6.92 Å². The summed E-state index contributed by atoms with van der Waals surface area (Å²) in [5, 5.41) is 11.8. The van der Waals surface area contributed by atoms with Gasteiger partial charge < -0.3 is 10.3 Å². The number of nitrogens with zero attached hydrogens (tertiary/aromatic N) is 1. The highest BCUT2D eigenvalue weighted by Gasteiger charge is 2.03. The second-order valence-corrected chi connectivity index (χ2v) is 3.04. The zero-order valence-corrected chi connectivity index (χ0v) is 7.88. The summed E-state index contributed by atoms with van der Waals surface area (Å²) in [6.07, 6.45) is 3.48. The molecule has 0 bridgehead atoms. The van der Waals surface area contributed by atoms with Crippen LogP contribution in [0.5, 0.6) is 0 Å². The van der Waals surface area contributed by atoms with Crippen LogP contribution >= 0.6 is 0 Å². The number of nitriles is 1. The molecule has 0 amide bonds.